The van der Waals surface area contributed by atoms with E-state index in [-0.39, 0.29) is 15.9 Å². The standard InChI is InChI=1S/C15H12Cl2N4O2S/c16-12-7-5-11(6-8-12)9-21-10-18-15(19-21)20-24(22,23)14-4-2-1-3-13(14)17/h1-8,10H,9H2,(H,19,20). The molecule has 0 aliphatic carbocycles. The highest BCUT2D eigenvalue weighted by Gasteiger charge is 2.19. The highest BCUT2D eigenvalue weighted by molar-refractivity contribution is 7.92. The van der Waals surface area contributed by atoms with Gasteiger partial charge >= 0.3 is 0 Å². The Kier molecular flexibility index (Phi) is 4.75. The van der Waals surface area contributed by atoms with Crippen LogP contribution in [0.5, 0.6) is 0 Å². The quantitative estimate of drug-likeness (QED) is 0.732. The Morgan fingerprint density at radius 1 is 1.04 bits per heavy atom. The van der Waals surface area contributed by atoms with Crippen LogP contribution in [0.4, 0.5) is 5.95 Å². The van der Waals surface area contributed by atoms with Crippen LogP contribution in [-0.2, 0) is 16.6 Å². The molecule has 0 saturated carbocycles. The summed E-state index contributed by atoms with van der Waals surface area (Å²) in [5.74, 6) is -0.0242. The number of halogens is 2. The number of rotatable bonds is 5. The van der Waals surface area contributed by atoms with Crippen molar-refractivity contribution in [2.24, 2.45) is 0 Å². The van der Waals surface area contributed by atoms with Crippen LogP contribution in [0, 0.1) is 0 Å². The van der Waals surface area contributed by atoms with Crippen LogP contribution in [0.25, 0.3) is 0 Å². The van der Waals surface area contributed by atoms with Gasteiger partial charge < -0.3 is 0 Å². The lowest BCUT2D eigenvalue weighted by Crippen LogP contribution is -2.14. The summed E-state index contributed by atoms with van der Waals surface area (Å²) in [5.41, 5.74) is 0.963. The molecule has 0 bridgehead atoms. The van der Waals surface area contributed by atoms with Gasteiger partial charge in [-0.15, -0.1) is 5.10 Å². The maximum atomic E-state index is 12.3. The van der Waals surface area contributed by atoms with Gasteiger partial charge in [0, 0.05) is 5.02 Å². The van der Waals surface area contributed by atoms with E-state index in [9.17, 15) is 8.42 Å². The van der Waals surface area contributed by atoms with Crippen molar-refractivity contribution in [3.8, 4) is 0 Å². The van der Waals surface area contributed by atoms with Crippen LogP contribution >= 0.6 is 23.2 Å². The molecule has 9 heteroatoms. The number of benzene rings is 2. The highest BCUT2D eigenvalue weighted by atomic mass is 35.5. The average molecular weight is 383 g/mol. The van der Waals surface area contributed by atoms with Gasteiger partial charge in [0.15, 0.2) is 0 Å². The molecule has 0 saturated heterocycles. The van der Waals surface area contributed by atoms with Crippen LogP contribution < -0.4 is 4.72 Å². The van der Waals surface area contributed by atoms with E-state index in [1.54, 1.807) is 24.3 Å². The van der Waals surface area contributed by atoms with Crippen molar-refractivity contribution >= 4 is 39.2 Å². The molecule has 1 heterocycles. The lowest BCUT2D eigenvalue weighted by atomic mass is 10.2. The van der Waals surface area contributed by atoms with E-state index < -0.39 is 10.0 Å². The number of aromatic nitrogens is 3. The molecule has 24 heavy (non-hydrogen) atoms. The molecule has 0 radical (unpaired) electrons. The van der Waals surface area contributed by atoms with Gasteiger partial charge in [0.05, 0.1) is 11.6 Å². The Morgan fingerprint density at radius 2 is 1.75 bits per heavy atom. The maximum absolute atomic E-state index is 12.3. The smallest absolute Gasteiger partial charge is 0.246 e. The Morgan fingerprint density at radius 3 is 2.46 bits per heavy atom. The summed E-state index contributed by atoms with van der Waals surface area (Å²) in [6.45, 7) is 0.442. The summed E-state index contributed by atoms with van der Waals surface area (Å²) in [6.07, 6.45) is 1.44. The Labute approximate surface area is 149 Å². The zero-order valence-corrected chi connectivity index (χ0v) is 14.6. The van der Waals surface area contributed by atoms with Gasteiger partial charge in [-0.3, -0.25) is 0 Å². The molecule has 0 fully saturated rings. The fourth-order valence-electron chi connectivity index (χ4n) is 2.03. The molecule has 0 amide bonds. The number of sulfonamides is 1. The van der Waals surface area contributed by atoms with Crippen molar-refractivity contribution in [1.82, 2.24) is 14.8 Å². The van der Waals surface area contributed by atoms with Gasteiger partial charge in [0.1, 0.15) is 11.2 Å². The second kappa shape index (κ2) is 6.80. The third-order valence-electron chi connectivity index (χ3n) is 3.15. The number of hydrogen-bond acceptors (Lipinski definition) is 4. The minimum Gasteiger partial charge on any atom is -0.246 e. The fraction of sp³-hybridized carbons (Fsp3) is 0.0667. The zero-order chi connectivity index (χ0) is 17.2. The molecule has 6 nitrogen and oxygen atoms in total. The predicted octanol–water partition coefficient (Wildman–Crippen LogP) is 3.43. The summed E-state index contributed by atoms with van der Waals surface area (Å²) >= 11 is 11.8. The Balaban J connectivity index is 1.76. The maximum Gasteiger partial charge on any atom is 0.265 e. The number of nitrogens with one attached hydrogen (secondary N) is 1. The van der Waals surface area contributed by atoms with E-state index in [1.807, 2.05) is 12.1 Å². The first-order valence-electron chi connectivity index (χ1n) is 6.85. The van der Waals surface area contributed by atoms with E-state index in [0.29, 0.717) is 11.6 Å². The third kappa shape index (κ3) is 3.87. The van der Waals surface area contributed by atoms with Gasteiger partial charge in [-0.25, -0.2) is 17.8 Å². The van der Waals surface area contributed by atoms with Crippen molar-refractivity contribution in [3.05, 3.63) is 70.5 Å². The average Bonchev–Trinajstić information content (AvgIpc) is 2.96. The van der Waals surface area contributed by atoms with Crippen LogP contribution in [-0.4, -0.2) is 23.2 Å². The SMILES string of the molecule is O=S(=O)(Nc1ncn(Cc2ccc(Cl)cc2)n1)c1ccccc1Cl. The van der Waals surface area contributed by atoms with Crippen molar-refractivity contribution in [3.63, 3.8) is 0 Å². The van der Waals surface area contributed by atoms with Crippen molar-refractivity contribution in [2.75, 3.05) is 4.72 Å². The molecule has 0 aliphatic heterocycles. The normalized spacial score (nSPS) is 11.4. The Bertz CT molecular complexity index is 956. The van der Waals surface area contributed by atoms with Crippen LogP contribution in [0.2, 0.25) is 10.0 Å². The summed E-state index contributed by atoms with van der Waals surface area (Å²) in [6, 6.07) is 13.4. The van der Waals surface area contributed by atoms with Gasteiger partial charge in [0.25, 0.3) is 16.0 Å². The van der Waals surface area contributed by atoms with Crippen molar-refractivity contribution in [2.45, 2.75) is 11.4 Å². The van der Waals surface area contributed by atoms with Crippen LogP contribution in [0.1, 0.15) is 5.56 Å². The zero-order valence-electron chi connectivity index (χ0n) is 12.2. The second-order valence-electron chi connectivity index (χ2n) is 4.93. The van der Waals surface area contributed by atoms with Crippen molar-refractivity contribution in [1.29, 1.82) is 0 Å². The first-order valence-corrected chi connectivity index (χ1v) is 9.09. The molecule has 1 N–H and O–H groups in total. The minimum absolute atomic E-state index is 0.0242. The topological polar surface area (TPSA) is 76.9 Å². The summed E-state index contributed by atoms with van der Waals surface area (Å²) in [4.78, 5) is 3.94. The second-order valence-corrected chi connectivity index (χ2v) is 7.42. The van der Waals surface area contributed by atoms with E-state index in [0.717, 1.165) is 5.56 Å². The molecule has 124 valence electrons. The van der Waals surface area contributed by atoms with Crippen LogP contribution in [0.15, 0.2) is 59.8 Å². The van der Waals surface area contributed by atoms with Gasteiger partial charge in [0.2, 0.25) is 0 Å². The Hall–Kier alpha value is -2.09. The summed E-state index contributed by atoms with van der Waals surface area (Å²) in [5, 5.41) is 4.88. The van der Waals surface area contributed by atoms with Gasteiger partial charge in [-0.05, 0) is 29.8 Å². The van der Waals surface area contributed by atoms with E-state index in [4.69, 9.17) is 23.2 Å². The molecule has 3 rings (SSSR count). The molecule has 3 aromatic rings. The van der Waals surface area contributed by atoms with Crippen molar-refractivity contribution < 1.29 is 8.42 Å². The minimum atomic E-state index is -3.85. The van der Waals surface area contributed by atoms with Crippen LogP contribution in [0.3, 0.4) is 0 Å². The molecular weight excluding hydrogens is 371 g/mol. The first kappa shape index (κ1) is 16.8. The van der Waals surface area contributed by atoms with E-state index >= 15 is 0 Å². The first-order chi connectivity index (χ1) is 11.4. The molecular formula is C15H12Cl2N4O2S. The fourth-order valence-corrected chi connectivity index (χ4v) is 3.63. The molecule has 2 aromatic carbocycles. The molecule has 0 spiro atoms. The molecule has 0 atom stereocenters. The number of anilines is 1. The molecule has 1 aromatic heterocycles. The summed E-state index contributed by atoms with van der Waals surface area (Å²) < 4.78 is 28.5. The molecule has 0 aliphatic rings. The molecule has 0 unspecified atom stereocenters. The largest absolute Gasteiger partial charge is 0.265 e. The predicted molar refractivity (Wildman–Crippen MR) is 92.8 cm³/mol. The number of hydrogen-bond donors (Lipinski definition) is 1. The summed E-state index contributed by atoms with van der Waals surface area (Å²) in [7, 11) is -3.85. The lowest BCUT2D eigenvalue weighted by molar-refractivity contribution is 0.600. The lowest BCUT2D eigenvalue weighted by Gasteiger charge is -2.06. The third-order valence-corrected chi connectivity index (χ3v) is 5.23. The van der Waals surface area contributed by atoms with E-state index in [1.165, 1.54) is 23.1 Å². The monoisotopic (exact) mass is 382 g/mol. The number of nitrogens with zero attached hydrogens (tertiary/aromatic N) is 3. The van der Waals surface area contributed by atoms with Gasteiger partial charge in [-0.1, -0.05) is 47.5 Å². The van der Waals surface area contributed by atoms with E-state index in [2.05, 4.69) is 14.8 Å². The highest BCUT2D eigenvalue weighted by Crippen LogP contribution is 2.22. The van der Waals surface area contributed by atoms with Gasteiger partial charge in [-0.2, -0.15) is 4.98 Å².